The predicted octanol–water partition coefficient (Wildman–Crippen LogP) is 3.39. The predicted molar refractivity (Wildman–Crippen MR) is 118 cm³/mol. The lowest BCUT2D eigenvalue weighted by Gasteiger charge is -2.17. The van der Waals surface area contributed by atoms with E-state index in [0.29, 0.717) is 30.6 Å². The number of rotatable bonds is 8. The average molecular weight is 404 g/mol. The Morgan fingerprint density at radius 3 is 2.53 bits per heavy atom. The highest BCUT2D eigenvalue weighted by molar-refractivity contribution is 5.90. The highest BCUT2D eigenvalue weighted by atomic mass is 16.5. The molecule has 2 N–H and O–H groups in total. The minimum Gasteiger partial charge on any atom is -0.494 e. The second-order valence-corrected chi connectivity index (χ2v) is 6.73. The molecule has 8 nitrogen and oxygen atoms in total. The number of ether oxygens (including phenoxy) is 1. The van der Waals surface area contributed by atoms with E-state index in [1.54, 1.807) is 10.9 Å². The lowest BCUT2D eigenvalue weighted by molar-refractivity contribution is 0.303. The largest absolute Gasteiger partial charge is 0.494 e. The Bertz CT molecular complexity index is 1110. The molecule has 4 aromatic rings. The van der Waals surface area contributed by atoms with E-state index in [2.05, 4.69) is 15.4 Å². The lowest BCUT2D eigenvalue weighted by Crippen LogP contribution is -2.23. The Morgan fingerprint density at radius 1 is 1.07 bits per heavy atom. The first kappa shape index (κ1) is 19.7. The van der Waals surface area contributed by atoms with Gasteiger partial charge in [0.1, 0.15) is 11.6 Å². The van der Waals surface area contributed by atoms with E-state index in [1.807, 2.05) is 73.5 Å². The van der Waals surface area contributed by atoms with Crippen molar-refractivity contribution >= 4 is 28.5 Å². The van der Waals surface area contributed by atoms with E-state index in [-0.39, 0.29) is 6.61 Å². The third-order valence-corrected chi connectivity index (χ3v) is 4.62. The molecule has 4 rings (SSSR count). The van der Waals surface area contributed by atoms with Gasteiger partial charge in [0.05, 0.1) is 30.5 Å². The quantitative estimate of drug-likeness (QED) is 0.465. The van der Waals surface area contributed by atoms with Crippen LogP contribution in [0.1, 0.15) is 6.92 Å². The number of aliphatic hydroxyl groups excluding tert-OH is 1. The molecule has 0 aliphatic rings. The van der Waals surface area contributed by atoms with Gasteiger partial charge in [-0.1, -0.05) is 18.2 Å². The van der Waals surface area contributed by atoms with Gasteiger partial charge in [0.15, 0.2) is 5.65 Å². The van der Waals surface area contributed by atoms with Crippen LogP contribution in [0.2, 0.25) is 0 Å². The fourth-order valence-corrected chi connectivity index (χ4v) is 3.11. The van der Waals surface area contributed by atoms with Crippen LogP contribution in [0.4, 0.5) is 17.5 Å². The van der Waals surface area contributed by atoms with E-state index < -0.39 is 0 Å². The molecule has 0 saturated heterocycles. The van der Waals surface area contributed by atoms with Crippen molar-refractivity contribution in [1.82, 2.24) is 19.7 Å². The van der Waals surface area contributed by atoms with E-state index in [1.165, 1.54) is 0 Å². The smallest absolute Gasteiger partial charge is 0.229 e. The normalized spacial score (nSPS) is 10.9. The van der Waals surface area contributed by atoms with Crippen LogP contribution in [0, 0.1) is 0 Å². The summed E-state index contributed by atoms with van der Waals surface area (Å²) >= 11 is 0. The zero-order chi connectivity index (χ0) is 20.9. The molecule has 0 bridgehead atoms. The summed E-state index contributed by atoms with van der Waals surface area (Å²) in [7, 11) is 1.85. The summed E-state index contributed by atoms with van der Waals surface area (Å²) in [6.07, 6.45) is 1.76. The van der Waals surface area contributed by atoms with Gasteiger partial charge in [-0.25, -0.2) is 4.68 Å². The Balaban J connectivity index is 1.78. The highest BCUT2D eigenvalue weighted by Crippen LogP contribution is 2.28. The monoisotopic (exact) mass is 404 g/mol. The number of fused-ring (bicyclic) bond motifs is 1. The number of nitrogens with zero attached hydrogens (tertiary/aromatic N) is 5. The maximum Gasteiger partial charge on any atom is 0.229 e. The summed E-state index contributed by atoms with van der Waals surface area (Å²) in [6.45, 7) is 3.02. The lowest BCUT2D eigenvalue weighted by atomic mass is 10.3. The number of hydrogen-bond donors (Lipinski definition) is 2. The summed E-state index contributed by atoms with van der Waals surface area (Å²) in [6, 6.07) is 17.5. The van der Waals surface area contributed by atoms with E-state index in [9.17, 15) is 5.11 Å². The molecule has 0 unspecified atom stereocenters. The van der Waals surface area contributed by atoms with Crippen molar-refractivity contribution in [2.24, 2.45) is 0 Å². The fraction of sp³-hybridized carbons (Fsp3) is 0.227. The fourth-order valence-electron chi connectivity index (χ4n) is 3.11. The molecule has 0 saturated carbocycles. The summed E-state index contributed by atoms with van der Waals surface area (Å²) < 4.78 is 7.30. The van der Waals surface area contributed by atoms with Gasteiger partial charge in [0.2, 0.25) is 5.95 Å². The zero-order valence-corrected chi connectivity index (χ0v) is 17.0. The number of aromatic nitrogens is 4. The zero-order valence-electron chi connectivity index (χ0n) is 17.0. The number of likely N-dealkylation sites (N-methyl/N-ethyl adjacent to an activating group) is 1. The van der Waals surface area contributed by atoms with Gasteiger partial charge < -0.3 is 20.1 Å². The van der Waals surface area contributed by atoms with Crippen molar-refractivity contribution in [1.29, 1.82) is 0 Å². The van der Waals surface area contributed by atoms with Gasteiger partial charge in [-0.05, 0) is 43.3 Å². The summed E-state index contributed by atoms with van der Waals surface area (Å²) in [5.74, 6) is 1.96. The molecule has 0 fully saturated rings. The van der Waals surface area contributed by atoms with Crippen LogP contribution in [0.25, 0.3) is 16.7 Å². The van der Waals surface area contributed by atoms with Crippen molar-refractivity contribution in [3.8, 4) is 11.4 Å². The van der Waals surface area contributed by atoms with Gasteiger partial charge in [0.25, 0.3) is 0 Å². The van der Waals surface area contributed by atoms with Crippen LogP contribution < -0.4 is 15.0 Å². The summed E-state index contributed by atoms with van der Waals surface area (Å²) in [5.41, 5.74) is 2.47. The van der Waals surface area contributed by atoms with E-state index in [4.69, 9.17) is 9.72 Å². The topological polar surface area (TPSA) is 88.3 Å². The number of hydrogen-bond acceptors (Lipinski definition) is 7. The van der Waals surface area contributed by atoms with Crippen LogP contribution in [-0.2, 0) is 0 Å². The van der Waals surface area contributed by atoms with Gasteiger partial charge >= 0.3 is 0 Å². The standard InChI is InChI=1S/C22H24N6O2/c1-3-30-18-11-9-16(10-12-18)24-20-19-15-23-28(17-7-5-4-6-8-17)21(19)26-22(25-20)27(2)13-14-29/h4-12,15,29H,3,13-14H2,1-2H3,(H,24,25,26). The minimum absolute atomic E-state index is 0.0114. The van der Waals surface area contributed by atoms with Crippen molar-refractivity contribution in [3.63, 3.8) is 0 Å². The van der Waals surface area contributed by atoms with Crippen molar-refractivity contribution < 1.29 is 9.84 Å². The van der Waals surface area contributed by atoms with Gasteiger partial charge in [-0.3, -0.25) is 0 Å². The van der Waals surface area contributed by atoms with Crippen LogP contribution in [-0.4, -0.2) is 51.7 Å². The van der Waals surface area contributed by atoms with Gasteiger partial charge in [0, 0.05) is 19.3 Å². The minimum atomic E-state index is 0.0114. The van der Waals surface area contributed by atoms with Crippen molar-refractivity contribution in [3.05, 3.63) is 60.8 Å². The molecule has 0 atom stereocenters. The van der Waals surface area contributed by atoms with Crippen molar-refractivity contribution in [2.75, 3.05) is 37.0 Å². The maximum atomic E-state index is 9.34. The van der Waals surface area contributed by atoms with E-state index in [0.717, 1.165) is 22.5 Å². The molecule has 0 aliphatic heterocycles. The number of anilines is 3. The first-order chi connectivity index (χ1) is 14.7. The van der Waals surface area contributed by atoms with E-state index >= 15 is 0 Å². The molecule has 0 spiro atoms. The molecule has 0 radical (unpaired) electrons. The Kier molecular flexibility index (Phi) is 5.76. The third kappa shape index (κ3) is 4.04. The third-order valence-electron chi connectivity index (χ3n) is 4.62. The molecule has 2 heterocycles. The molecular weight excluding hydrogens is 380 g/mol. The van der Waals surface area contributed by atoms with Crippen LogP contribution in [0.15, 0.2) is 60.8 Å². The Morgan fingerprint density at radius 2 is 1.83 bits per heavy atom. The summed E-state index contributed by atoms with van der Waals surface area (Å²) in [4.78, 5) is 11.2. The van der Waals surface area contributed by atoms with Crippen LogP contribution >= 0.6 is 0 Å². The molecule has 2 aromatic carbocycles. The second-order valence-electron chi connectivity index (χ2n) is 6.73. The molecule has 0 aliphatic carbocycles. The number of benzene rings is 2. The first-order valence-corrected chi connectivity index (χ1v) is 9.82. The number of para-hydroxylation sites is 1. The molecule has 0 amide bonds. The highest BCUT2D eigenvalue weighted by Gasteiger charge is 2.16. The maximum absolute atomic E-state index is 9.34. The number of nitrogens with one attached hydrogen (secondary N) is 1. The van der Waals surface area contributed by atoms with Crippen molar-refractivity contribution in [2.45, 2.75) is 6.92 Å². The van der Waals surface area contributed by atoms with Gasteiger partial charge in [-0.15, -0.1) is 0 Å². The first-order valence-electron chi connectivity index (χ1n) is 9.82. The molecule has 2 aromatic heterocycles. The molecule has 8 heteroatoms. The number of aliphatic hydroxyl groups is 1. The average Bonchev–Trinajstić information content (AvgIpc) is 3.20. The molecular formula is C22H24N6O2. The molecule has 30 heavy (non-hydrogen) atoms. The Hall–Kier alpha value is -3.65. The SMILES string of the molecule is CCOc1ccc(Nc2nc(N(C)CCO)nc3c2cnn3-c2ccccc2)cc1. The van der Waals surface area contributed by atoms with Crippen LogP contribution in [0.5, 0.6) is 5.75 Å². The molecule has 154 valence electrons. The van der Waals surface area contributed by atoms with Gasteiger partial charge in [-0.2, -0.15) is 15.1 Å². The Labute approximate surface area is 174 Å². The summed E-state index contributed by atoms with van der Waals surface area (Å²) in [5, 5.41) is 18.0. The second kappa shape index (κ2) is 8.79. The van der Waals surface area contributed by atoms with Crippen LogP contribution in [0.3, 0.4) is 0 Å².